The van der Waals surface area contributed by atoms with Gasteiger partial charge in [-0.05, 0) is 50.1 Å². The summed E-state index contributed by atoms with van der Waals surface area (Å²) in [6, 6.07) is 13.5. The van der Waals surface area contributed by atoms with Crippen molar-refractivity contribution in [3.63, 3.8) is 0 Å². The van der Waals surface area contributed by atoms with Gasteiger partial charge in [0.1, 0.15) is 0 Å². The molecule has 0 saturated heterocycles. The Labute approximate surface area is 127 Å². The van der Waals surface area contributed by atoms with Gasteiger partial charge in [-0.25, -0.2) is 0 Å². The lowest BCUT2D eigenvalue weighted by atomic mass is 10.1. The van der Waals surface area contributed by atoms with E-state index in [1.165, 1.54) is 6.07 Å². The molecule has 0 spiro atoms. The third-order valence-corrected chi connectivity index (χ3v) is 7.56. The van der Waals surface area contributed by atoms with Gasteiger partial charge in [-0.15, -0.1) is 0 Å². The molecule has 0 saturated carbocycles. The Balaban J connectivity index is 2.23. The van der Waals surface area contributed by atoms with Gasteiger partial charge in [0.2, 0.25) is 0 Å². The average molecular weight is 329 g/mol. The number of hydrogen-bond donors (Lipinski definition) is 0. The first-order valence-corrected chi connectivity index (χ1v) is 8.77. The molecule has 0 aliphatic carbocycles. The van der Waals surface area contributed by atoms with E-state index in [9.17, 15) is 13.2 Å². The molecule has 0 N–H and O–H groups in total. The third-order valence-electron chi connectivity index (χ3n) is 3.47. The first kappa shape index (κ1) is 14.5. The minimum absolute atomic E-state index is 0.165. The summed E-state index contributed by atoms with van der Waals surface area (Å²) < 4.78 is 41.1. The van der Waals surface area contributed by atoms with E-state index in [1.54, 1.807) is 48.5 Å². The maximum absolute atomic E-state index is 13.7. The Morgan fingerprint density at radius 1 is 0.952 bits per heavy atom. The zero-order valence-electron chi connectivity index (χ0n) is 11.1. The molecule has 2 aromatic rings. The van der Waals surface area contributed by atoms with Gasteiger partial charge in [0, 0.05) is 9.80 Å². The summed E-state index contributed by atoms with van der Waals surface area (Å²) in [7, 11) is 2.66. The fourth-order valence-electron chi connectivity index (χ4n) is 2.41. The molecule has 0 radical (unpaired) electrons. The van der Waals surface area contributed by atoms with Crippen LogP contribution in [0.2, 0.25) is 0 Å². The van der Waals surface area contributed by atoms with E-state index in [4.69, 9.17) is 10.7 Å². The molecule has 1 unspecified atom stereocenters. The second-order valence-corrected chi connectivity index (χ2v) is 8.70. The van der Waals surface area contributed by atoms with Crippen molar-refractivity contribution in [1.82, 2.24) is 0 Å². The van der Waals surface area contributed by atoms with E-state index >= 15 is 0 Å². The summed E-state index contributed by atoms with van der Waals surface area (Å²) in [6.07, 6.45) is 1.57. The van der Waals surface area contributed by atoms with Crippen LogP contribution in [0.1, 0.15) is 16.7 Å². The van der Waals surface area contributed by atoms with Crippen LogP contribution in [0.5, 0.6) is 0 Å². The van der Waals surface area contributed by atoms with Crippen LogP contribution in [0.15, 0.2) is 53.4 Å². The number of fused-ring (bicyclic) bond motifs is 1. The molecule has 5 heteroatoms. The monoisotopic (exact) mass is 328 g/mol. The molecule has 21 heavy (non-hydrogen) atoms. The molecule has 0 fully saturated rings. The van der Waals surface area contributed by atoms with Crippen LogP contribution >= 0.6 is 19.9 Å². The summed E-state index contributed by atoms with van der Waals surface area (Å²) in [5.41, 5.74) is -2.41. The molecule has 3 rings (SSSR count). The quantitative estimate of drug-likeness (QED) is 0.572. The van der Waals surface area contributed by atoms with Gasteiger partial charge in [-0.2, -0.15) is 13.2 Å². The summed E-state index contributed by atoms with van der Waals surface area (Å²) in [5, 5.41) is 0. The number of alkyl halides is 3. The number of halogens is 4. The smallest absolute Gasteiger partial charge is 0.160 e. The minimum Gasteiger partial charge on any atom is -0.160 e. The van der Waals surface area contributed by atoms with Crippen molar-refractivity contribution in [2.45, 2.75) is 17.3 Å². The van der Waals surface area contributed by atoms with Gasteiger partial charge in [-0.3, -0.25) is 0 Å². The van der Waals surface area contributed by atoms with Crippen molar-refractivity contribution in [3.8, 4) is 0 Å². The molecular weight excluding hydrogens is 317 g/mol. The lowest BCUT2D eigenvalue weighted by molar-refractivity contribution is -0.0354. The van der Waals surface area contributed by atoms with E-state index in [0.717, 1.165) is 5.56 Å². The number of aryl methyl sites for hydroxylation is 1. The molecule has 2 aromatic carbocycles. The number of benzene rings is 2. The second kappa shape index (κ2) is 4.82. The van der Waals surface area contributed by atoms with Gasteiger partial charge in [0.25, 0.3) is 0 Å². The highest BCUT2D eigenvalue weighted by Crippen LogP contribution is 2.81. The van der Waals surface area contributed by atoms with E-state index in [0.29, 0.717) is 11.1 Å². The van der Waals surface area contributed by atoms with Crippen molar-refractivity contribution < 1.29 is 13.2 Å². The molecule has 1 heterocycles. The Bertz CT molecular complexity index is 719. The molecule has 1 atom stereocenters. The summed E-state index contributed by atoms with van der Waals surface area (Å²) >= 11 is 0. The Morgan fingerprint density at radius 3 is 2.19 bits per heavy atom. The van der Waals surface area contributed by atoms with Crippen LogP contribution in [0.3, 0.4) is 0 Å². The zero-order valence-corrected chi connectivity index (χ0v) is 12.7. The Kier molecular flexibility index (Phi) is 3.34. The number of rotatable bonds is 1. The first-order valence-electron chi connectivity index (χ1n) is 6.31. The van der Waals surface area contributed by atoms with Crippen LogP contribution in [-0.4, -0.2) is 5.51 Å². The zero-order chi connectivity index (χ0) is 15.3. The van der Waals surface area contributed by atoms with Gasteiger partial charge < -0.3 is 0 Å². The van der Waals surface area contributed by atoms with Crippen molar-refractivity contribution in [3.05, 3.63) is 65.2 Å². The largest absolute Gasteiger partial charge is 0.446 e. The second-order valence-electron chi connectivity index (χ2n) is 4.90. The Morgan fingerprint density at radius 2 is 1.57 bits per heavy atom. The standard InChI is InChI=1S/C16H12ClF3S/c1-11-6-8-12(9-7-11)15-10-13-4-2-3-5-14(13)21(15,17)16(18,19)20/h2-10H,1H3. The predicted molar refractivity (Wildman–Crippen MR) is 83.3 cm³/mol. The lowest BCUT2D eigenvalue weighted by Gasteiger charge is -2.34. The minimum atomic E-state index is -4.49. The van der Waals surface area contributed by atoms with Crippen molar-refractivity contribution in [2.24, 2.45) is 0 Å². The molecule has 0 bridgehead atoms. The molecule has 110 valence electrons. The van der Waals surface area contributed by atoms with Gasteiger partial charge in [-0.1, -0.05) is 48.0 Å². The molecule has 1 aliphatic heterocycles. The van der Waals surface area contributed by atoms with E-state index in [1.807, 2.05) is 6.92 Å². The molecule has 0 nitrogen and oxygen atoms in total. The first-order chi connectivity index (χ1) is 9.84. The van der Waals surface area contributed by atoms with Crippen LogP contribution in [0.25, 0.3) is 11.0 Å². The SMILES string of the molecule is Cc1ccc(C2=Cc3ccccc3S2(Cl)C(F)(F)F)cc1. The van der Waals surface area contributed by atoms with Gasteiger partial charge in [0.15, 0.2) is 0 Å². The average Bonchev–Trinajstić information content (AvgIpc) is 2.75. The summed E-state index contributed by atoms with van der Waals surface area (Å²) in [4.78, 5) is 0.340. The highest BCUT2D eigenvalue weighted by molar-refractivity contribution is 8.58. The van der Waals surface area contributed by atoms with Crippen LogP contribution in [0.4, 0.5) is 13.2 Å². The predicted octanol–water partition coefficient (Wildman–Crippen LogP) is 6.34. The van der Waals surface area contributed by atoms with Crippen molar-refractivity contribution in [1.29, 1.82) is 0 Å². The Hall–Kier alpha value is -1.39. The third kappa shape index (κ3) is 2.17. The highest BCUT2D eigenvalue weighted by atomic mass is 35.7. The normalized spacial score (nSPS) is 24.1. The van der Waals surface area contributed by atoms with Crippen LogP contribution in [0, 0.1) is 6.92 Å². The van der Waals surface area contributed by atoms with E-state index in [-0.39, 0.29) is 9.80 Å². The van der Waals surface area contributed by atoms with Gasteiger partial charge in [0.05, 0.1) is 0 Å². The molecule has 0 aromatic heterocycles. The summed E-state index contributed by atoms with van der Waals surface area (Å²) in [6.45, 7) is 1.89. The number of hydrogen-bond acceptors (Lipinski definition) is 0. The van der Waals surface area contributed by atoms with Crippen molar-refractivity contribution >= 4 is 30.9 Å². The molecular formula is C16H12ClF3S. The van der Waals surface area contributed by atoms with Crippen LogP contribution in [-0.2, 0) is 0 Å². The fraction of sp³-hybridized carbons (Fsp3) is 0.125. The lowest BCUT2D eigenvalue weighted by Crippen LogP contribution is -2.15. The fourth-order valence-corrected chi connectivity index (χ4v) is 5.44. The van der Waals surface area contributed by atoms with E-state index in [2.05, 4.69) is 0 Å². The van der Waals surface area contributed by atoms with Crippen molar-refractivity contribution in [2.75, 3.05) is 0 Å². The maximum Gasteiger partial charge on any atom is 0.446 e. The van der Waals surface area contributed by atoms with E-state index < -0.39 is 14.7 Å². The van der Waals surface area contributed by atoms with Gasteiger partial charge >= 0.3 is 5.51 Å². The maximum atomic E-state index is 13.7. The molecule has 0 amide bonds. The topological polar surface area (TPSA) is 0 Å². The highest BCUT2D eigenvalue weighted by Gasteiger charge is 2.56. The molecule has 1 aliphatic rings. The summed E-state index contributed by atoms with van der Waals surface area (Å²) in [5.74, 6) is 0. The van der Waals surface area contributed by atoms with Crippen LogP contribution < -0.4 is 0 Å².